The lowest BCUT2D eigenvalue weighted by molar-refractivity contribution is -0.385. The zero-order chi connectivity index (χ0) is 22.8. The molecule has 162 valence electrons. The van der Waals surface area contributed by atoms with Crippen molar-refractivity contribution in [2.45, 2.75) is 12.8 Å². The van der Waals surface area contributed by atoms with Crippen LogP contribution in [0.5, 0.6) is 0 Å². The number of nitrogens with one attached hydrogen (secondary N) is 2. The van der Waals surface area contributed by atoms with Gasteiger partial charge in [0, 0.05) is 17.8 Å². The summed E-state index contributed by atoms with van der Waals surface area (Å²) >= 11 is 0. The lowest BCUT2D eigenvalue weighted by Gasteiger charge is -2.06. The molecule has 0 saturated carbocycles. The van der Waals surface area contributed by atoms with Crippen molar-refractivity contribution in [3.05, 3.63) is 99.2 Å². The quantitative estimate of drug-likeness (QED) is 0.259. The topological polar surface area (TPSA) is 113 Å². The van der Waals surface area contributed by atoms with Crippen LogP contribution in [0.2, 0.25) is 0 Å². The molecular formula is C25H19N5O3. The van der Waals surface area contributed by atoms with Crippen molar-refractivity contribution in [3.8, 4) is 11.3 Å². The van der Waals surface area contributed by atoms with Gasteiger partial charge < -0.3 is 0 Å². The van der Waals surface area contributed by atoms with Gasteiger partial charge in [-0.05, 0) is 59.0 Å². The number of H-pyrrole nitrogens is 1. The standard InChI is InChI=1S/C25H19N5O3/c31-25(29-26-14-4-7-16-5-1-2-9-23(16)30(32)33)22-15-21(27-28-22)19-13-12-18-11-10-17-6-3-8-20(19)24(17)18/h1-9,12-15H,10-11H2,(H,27,28)(H,29,31)/b7-4+,26-14+. The molecule has 0 radical (unpaired) electrons. The van der Waals surface area contributed by atoms with Crippen LogP contribution in [0.3, 0.4) is 0 Å². The summed E-state index contributed by atoms with van der Waals surface area (Å²) in [4.78, 5) is 23.0. The molecule has 8 heteroatoms. The zero-order valence-electron chi connectivity index (χ0n) is 17.5. The predicted octanol–water partition coefficient (Wildman–Crippen LogP) is 4.67. The molecule has 1 aliphatic carbocycles. The summed E-state index contributed by atoms with van der Waals surface area (Å²) in [5.74, 6) is -0.435. The molecule has 1 heterocycles. The summed E-state index contributed by atoms with van der Waals surface area (Å²) < 4.78 is 0. The van der Waals surface area contributed by atoms with Crippen LogP contribution in [0.15, 0.2) is 71.8 Å². The number of amides is 1. The highest BCUT2D eigenvalue weighted by Crippen LogP contribution is 2.36. The smallest absolute Gasteiger partial charge is 0.272 e. The molecule has 1 amide bonds. The van der Waals surface area contributed by atoms with Gasteiger partial charge in [0.15, 0.2) is 0 Å². The third kappa shape index (κ3) is 3.89. The van der Waals surface area contributed by atoms with E-state index >= 15 is 0 Å². The Kier molecular flexibility index (Phi) is 5.24. The van der Waals surface area contributed by atoms with Gasteiger partial charge in [-0.1, -0.05) is 42.5 Å². The van der Waals surface area contributed by atoms with Crippen molar-refractivity contribution in [1.82, 2.24) is 15.6 Å². The number of para-hydroxylation sites is 1. The van der Waals surface area contributed by atoms with Crippen LogP contribution >= 0.6 is 0 Å². The average Bonchev–Trinajstić information content (AvgIpc) is 3.48. The number of aromatic amines is 1. The van der Waals surface area contributed by atoms with E-state index in [2.05, 4.69) is 51.1 Å². The van der Waals surface area contributed by atoms with E-state index in [1.165, 1.54) is 34.9 Å². The van der Waals surface area contributed by atoms with E-state index in [0.717, 1.165) is 23.8 Å². The zero-order valence-corrected chi connectivity index (χ0v) is 17.5. The minimum Gasteiger partial charge on any atom is -0.272 e. The number of nitrogens with zero attached hydrogens (tertiary/aromatic N) is 3. The van der Waals surface area contributed by atoms with Crippen molar-refractivity contribution in [1.29, 1.82) is 0 Å². The molecule has 1 aliphatic rings. The number of hydrogen-bond donors (Lipinski definition) is 2. The van der Waals surface area contributed by atoms with Crippen LogP contribution in [-0.2, 0) is 12.8 Å². The van der Waals surface area contributed by atoms with Crippen molar-refractivity contribution in [3.63, 3.8) is 0 Å². The molecule has 0 bridgehead atoms. The van der Waals surface area contributed by atoms with Crippen molar-refractivity contribution in [2.24, 2.45) is 5.10 Å². The van der Waals surface area contributed by atoms with Gasteiger partial charge in [-0.2, -0.15) is 10.2 Å². The van der Waals surface area contributed by atoms with E-state index in [1.807, 2.05) is 0 Å². The molecule has 0 unspecified atom stereocenters. The van der Waals surface area contributed by atoms with Gasteiger partial charge in [0.05, 0.1) is 16.2 Å². The maximum Gasteiger partial charge on any atom is 0.289 e. The minimum atomic E-state index is -0.448. The van der Waals surface area contributed by atoms with Crippen LogP contribution in [0.1, 0.15) is 27.2 Å². The first kappa shape index (κ1) is 20.3. The third-order valence-electron chi connectivity index (χ3n) is 5.71. The monoisotopic (exact) mass is 437 g/mol. The molecule has 0 atom stereocenters. The highest BCUT2D eigenvalue weighted by atomic mass is 16.6. The number of hydrazone groups is 1. The average molecular weight is 437 g/mol. The Hall–Kier alpha value is -4.59. The minimum absolute atomic E-state index is 0.000725. The van der Waals surface area contributed by atoms with Gasteiger partial charge in [-0.15, -0.1) is 0 Å². The SMILES string of the molecule is O=C(N/N=C/C=C/c1ccccc1[N+](=O)[O-])c1cc(-c2ccc3c4c(cccc24)CC3)n[nH]1. The second-order valence-corrected chi connectivity index (χ2v) is 7.67. The van der Waals surface area contributed by atoms with Crippen LogP contribution in [0.4, 0.5) is 5.69 Å². The Morgan fingerprint density at radius 3 is 2.76 bits per heavy atom. The van der Waals surface area contributed by atoms with Crippen LogP contribution in [-0.4, -0.2) is 27.2 Å². The van der Waals surface area contributed by atoms with Gasteiger partial charge in [0.25, 0.3) is 11.6 Å². The summed E-state index contributed by atoms with van der Waals surface area (Å²) in [5.41, 5.74) is 7.52. The van der Waals surface area contributed by atoms with Gasteiger partial charge in [0.2, 0.25) is 0 Å². The normalized spacial score (nSPS) is 12.7. The first-order valence-electron chi connectivity index (χ1n) is 10.4. The van der Waals surface area contributed by atoms with Gasteiger partial charge >= 0.3 is 0 Å². The van der Waals surface area contributed by atoms with E-state index < -0.39 is 10.8 Å². The molecule has 33 heavy (non-hydrogen) atoms. The molecule has 0 saturated heterocycles. The second kappa shape index (κ2) is 8.51. The highest BCUT2D eigenvalue weighted by molar-refractivity contribution is 6.02. The van der Waals surface area contributed by atoms with E-state index in [-0.39, 0.29) is 11.4 Å². The van der Waals surface area contributed by atoms with E-state index in [9.17, 15) is 14.9 Å². The van der Waals surface area contributed by atoms with Crippen LogP contribution in [0, 0.1) is 10.1 Å². The number of rotatable bonds is 6. The fourth-order valence-corrected chi connectivity index (χ4v) is 4.19. The first-order chi connectivity index (χ1) is 16.1. The van der Waals surface area contributed by atoms with Crippen molar-refractivity contribution < 1.29 is 9.72 Å². The lowest BCUT2D eigenvalue weighted by atomic mass is 9.98. The number of allylic oxidation sites excluding steroid dienone is 1. The highest BCUT2D eigenvalue weighted by Gasteiger charge is 2.18. The summed E-state index contributed by atoms with van der Waals surface area (Å²) in [5, 5.41) is 24.4. The number of carbonyl (C=O) groups is 1. The largest absolute Gasteiger partial charge is 0.289 e. The van der Waals surface area contributed by atoms with Gasteiger partial charge in [-0.25, -0.2) is 5.43 Å². The molecule has 5 rings (SSSR count). The molecule has 0 spiro atoms. The molecule has 4 aromatic rings. The number of aryl methyl sites for hydroxylation is 2. The number of hydrogen-bond acceptors (Lipinski definition) is 5. The second-order valence-electron chi connectivity index (χ2n) is 7.67. The molecule has 0 fully saturated rings. The maximum absolute atomic E-state index is 12.4. The number of aromatic nitrogens is 2. The molecule has 8 nitrogen and oxygen atoms in total. The summed E-state index contributed by atoms with van der Waals surface area (Å²) in [6.45, 7) is 0. The lowest BCUT2D eigenvalue weighted by Crippen LogP contribution is -2.17. The van der Waals surface area contributed by atoms with Crippen molar-refractivity contribution in [2.75, 3.05) is 0 Å². The number of nitro benzene ring substituents is 1. The Labute approximate surface area is 188 Å². The number of benzene rings is 3. The van der Waals surface area contributed by atoms with Crippen molar-refractivity contribution >= 4 is 34.7 Å². The number of carbonyl (C=O) groups excluding carboxylic acids is 1. The molecule has 2 N–H and O–H groups in total. The fraction of sp³-hybridized carbons (Fsp3) is 0.0800. The van der Waals surface area contributed by atoms with Crippen LogP contribution < -0.4 is 5.43 Å². The Morgan fingerprint density at radius 2 is 1.91 bits per heavy atom. The van der Waals surface area contributed by atoms with E-state index in [0.29, 0.717) is 11.3 Å². The summed E-state index contributed by atoms with van der Waals surface area (Å²) in [6, 6.07) is 18.6. The maximum atomic E-state index is 12.4. The Bertz CT molecular complexity index is 1440. The Balaban J connectivity index is 1.29. The van der Waals surface area contributed by atoms with Gasteiger partial charge in [0.1, 0.15) is 5.69 Å². The third-order valence-corrected chi connectivity index (χ3v) is 5.71. The first-order valence-corrected chi connectivity index (χ1v) is 10.4. The summed E-state index contributed by atoms with van der Waals surface area (Å²) in [7, 11) is 0. The molecule has 0 aliphatic heterocycles. The molecular weight excluding hydrogens is 418 g/mol. The number of nitro groups is 1. The molecule has 3 aromatic carbocycles. The van der Waals surface area contributed by atoms with Crippen LogP contribution in [0.25, 0.3) is 28.1 Å². The fourth-order valence-electron chi connectivity index (χ4n) is 4.19. The molecule has 1 aromatic heterocycles. The van der Waals surface area contributed by atoms with E-state index in [1.54, 1.807) is 30.3 Å². The van der Waals surface area contributed by atoms with Gasteiger partial charge in [-0.3, -0.25) is 20.0 Å². The Morgan fingerprint density at radius 1 is 1.09 bits per heavy atom. The predicted molar refractivity (Wildman–Crippen MR) is 127 cm³/mol. The van der Waals surface area contributed by atoms with E-state index in [4.69, 9.17) is 0 Å². The summed E-state index contributed by atoms with van der Waals surface area (Å²) in [6.07, 6.45) is 6.53.